The van der Waals surface area contributed by atoms with Crippen LogP contribution in [0, 0.1) is 0 Å². The second-order valence-electron chi connectivity index (χ2n) is 8.08. The predicted molar refractivity (Wildman–Crippen MR) is 114 cm³/mol. The molecule has 1 fully saturated rings. The number of anilines is 2. The van der Waals surface area contributed by atoms with Crippen LogP contribution < -0.4 is 14.5 Å². The van der Waals surface area contributed by atoms with Gasteiger partial charge in [0, 0.05) is 31.5 Å². The molecule has 1 saturated heterocycles. The van der Waals surface area contributed by atoms with Crippen molar-refractivity contribution in [3.05, 3.63) is 42.9 Å². The summed E-state index contributed by atoms with van der Waals surface area (Å²) in [6, 6.07) is 5.59. The van der Waals surface area contributed by atoms with E-state index in [0.717, 1.165) is 12.8 Å². The molecule has 2 aliphatic rings. The molecule has 33 heavy (non-hydrogen) atoms. The van der Waals surface area contributed by atoms with E-state index < -0.39 is 11.9 Å². The van der Waals surface area contributed by atoms with Gasteiger partial charge in [-0.25, -0.2) is 9.97 Å². The summed E-state index contributed by atoms with van der Waals surface area (Å²) in [4.78, 5) is 30.3. The average molecular weight is 458 g/mol. The van der Waals surface area contributed by atoms with Crippen molar-refractivity contribution >= 4 is 17.4 Å². The van der Waals surface area contributed by atoms with E-state index in [1.807, 2.05) is 6.92 Å². The van der Waals surface area contributed by atoms with Crippen LogP contribution in [0.4, 0.5) is 24.7 Å². The predicted octanol–water partition coefficient (Wildman–Crippen LogP) is 3.95. The Morgan fingerprint density at radius 1 is 1.24 bits per heavy atom. The first-order chi connectivity index (χ1) is 15.7. The summed E-state index contributed by atoms with van der Waals surface area (Å²) in [6.45, 7) is 2.71. The van der Waals surface area contributed by atoms with Gasteiger partial charge in [-0.1, -0.05) is 19.1 Å². The zero-order valence-corrected chi connectivity index (χ0v) is 18.0. The Bertz CT molecular complexity index is 1230. The van der Waals surface area contributed by atoms with Crippen molar-refractivity contribution in [2.45, 2.75) is 38.1 Å². The molecule has 0 radical (unpaired) electrons. The first-order valence-corrected chi connectivity index (χ1v) is 10.6. The molecule has 8 nitrogen and oxygen atoms in total. The smallest absolute Gasteiger partial charge is 0.406 e. The monoisotopic (exact) mass is 458 g/mol. The molecule has 1 amide bonds. The zero-order chi connectivity index (χ0) is 23.4. The number of halogens is 3. The third-order valence-corrected chi connectivity index (χ3v) is 6.31. The summed E-state index contributed by atoms with van der Waals surface area (Å²) in [5, 5.41) is 0. The molecule has 1 aromatic carbocycles. The van der Waals surface area contributed by atoms with E-state index in [4.69, 9.17) is 4.98 Å². The molecule has 4 heterocycles. The molecule has 5 rings (SSSR count). The largest absolute Gasteiger partial charge is 0.573 e. The fourth-order valence-corrected chi connectivity index (χ4v) is 4.77. The molecule has 11 heteroatoms. The number of hydrogen-bond acceptors (Lipinski definition) is 6. The second-order valence-corrected chi connectivity index (χ2v) is 8.08. The molecular formula is C22H21F3N6O2. The Morgan fingerprint density at radius 3 is 2.82 bits per heavy atom. The lowest BCUT2D eigenvalue weighted by molar-refractivity contribution is -0.274. The van der Waals surface area contributed by atoms with Gasteiger partial charge in [-0.2, -0.15) is 4.98 Å². The number of carbonyl (C=O) groups excluding carboxylic acids is 1. The van der Waals surface area contributed by atoms with Crippen LogP contribution in [0.1, 0.15) is 26.2 Å². The average Bonchev–Trinajstić information content (AvgIpc) is 3.44. The molecule has 0 N–H and O–H groups in total. The quantitative estimate of drug-likeness (QED) is 0.589. The minimum absolute atomic E-state index is 0.0381. The zero-order valence-electron chi connectivity index (χ0n) is 18.0. The summed E-state index contributed by atoms with van der Waals surface area (Å²) in [5.41, 5.74) is 0.422. The van der Waals surface area contributed by atoms with E-state index in [1.54, 1.807) is 35.0 Å². The summed E-state index contributed by atoms with van der Waals surface area (Å²) < 4.78 is 43.6. The van der Waals surface area contributed by atoms with Gasteiger partial charge in [-0.3, -0.25) is 9.36 Å². The number of fused-ring (bicyclic) bond motifs is 3. The third-order valence-electron chi connectivity index (χ3n) is 6.31. The highest BCUT2D eigenvalue weighted by molar-refractivity contribution is 6.07. The maximum absolute atomic E-state index is 13.1. The number of carbonyl (C=O) groups is 1. The Kier molecular flexibility index (Phi) is 4.80. The van der Waals surface area contributed by atoms with Crippen LogP contribution in [-0.4, -0.2) is 50.9 Å². The Morgan fingerprint density at radius 2 is 2.06 bits per heavy atom. The highest BCUT2D eigenvalue weighted by Gasteiger charge is 2.52. The minimum Gasteiger partial charge on any atom is -0.406 e. The SMILES string of the molecule is CCC12CCCN1c1nc(-n3ccnc3-c3cccc(OC(F)(F)F)c3)ncc1N(C)C2=O. The van der Waals surface area contributed by atoms with E-state index >= 15 is 0 Å². The summed E-state index contributed by atoms with van der Waals surface area (Å²) in [7, 11) is 1.73. The van der Waals surface area contributed by atoms with Crippen LogP contribution in [0.2, 0.25) is 0 Å². The van der Waals surface area contributed by atoms with Crippen LogP contribution >= 0.6 is 0 Å². The maximum Gasteiger partial charge on any atom is 0.573 e. The normalized spacial score (nSPS) is 20.1. The topological polar surface area (TPSA) is 76.4 Å². The number of ether oxygens (including phenoxy) is 1. The number of alkyl halides is 3. The van der Waals surface area contributed by atoms with Crippen molar-refractivity contribution in [1.82, 2.24) is 19.5 Å². The molecule has 0 aliphatic carbocycles. The summed E-state index contributed by atoms with van der Waals surface area (Å²) in [5.74, 6) is 1.03. The molecule has 172 valence electrons. The fourth-order valence-electron chi connectivity index (χ4n) is 4.77. The van der Waals surface area contributed by atoms with Gasteiger partial charge < -0.3 is 14.5 Å². The number of likely N-dealkylation sites (N-methyl/N-ethyl adjacent to an activating group) is 1. The molecular weight excluding hydrogens is 437 g/mol. The van der Waals surface area contributed by atoms with E-state index in [2.05, 4.69) is 19.6 Å². The lowest BCUT2D eigenvalue weighted by atomic mass is 9.89. The van der Waals surface area contributed by atoms with E-state index in [-0.39, 0.29) is 11.7 Å². The van der Waals surface area contributed by atoms with Gasteiger partial charge in [0.25, 0.3) is 5.91 Å². The van der Waals surface area contributed by atoms with Crippen molar-refractivity contribution in [2.24, 2.45) is 0 Å². The Labute approximate surface area is 187 Å². The van der Waals surface area contributed by atoms with Gasteiger partial charge >= 0.3 is 6.36 Å². The van der Waals surface area contributed by atoms with Crippen molar-refractivity contribution in [3.63, 3.8) is 0 Å². The summed E-state index contributed by atoms with van der Waals surface area (Å²) >= 11 is 0. The van der Waals surface area contributed by atoms with E-state index in [9.17, 15) is 18.0 Å². The molecule has 3 aromatic rings. The number of rotatable bonds is 4. The molecule has 0 bridgehead atoms. The number of aromatic nitrogens is 4. The van der Waals surface area contributed by atoms with Crippen LogP contribution in [0.15, 0.2) is 42.9 Å². The van der Waals surface area contributed by atoms with Crippen molar-refractivity contribution in [3.8, 4) is 23.1 Å². The van der Waals surface area contributed by atoms with Crippen molar-refractivity contribution in [1.29, 1.82) is 0 Å². The highest BCUT2D eigenvalue weighted by Crippen LogP contribution is 2.45. The number of amides is 1. The Hall–Kier alpha value is -3.63. The standard InChI is InChI=1S/C22H21F3N6O2/c1-3-21-8-5-10-31(21)18-16(29(2)19(21)32)13-27-20(28-18)30-11-9-26-17(30)14-6-4-7-15(12-14)33-22(23,24)25/h4,6-7,9,11-13H,3,5,8,10H2,1-2H3. The van der Waals surface area contributed by atoms with Crippen LogP contribution in [0.3, 0.4) is 0 Å². The van der Waals surface area contributed by atoms with Gasteiger partial charge in [-0.15, -0.1) is 13.2 Å². The molecule has 2 aromatic heterocycles. The lowest BCUT2D eigenvalue weighted by Gasteiger charge is -2.45. The number of nitrogens with zero attached hydrogens (tertiary/aromatic N) is 6. The Balaban J connectivity index is 1.57. The first kappa shape index (κ1) is 21.2. The van der Waals surface area contributed by atoms with Crippen LogP contribution in [0.5, 0.6) is 5.75 Å². The molecule has 0 saturated carbocycles. The first-order valence-electron chi connectivity index (χ1n) is 10.6. The minimum atomic E-state index is -4.79. The van der Waals surface area contributed by atoms with Gasteiger partial charge in [0.05, 0.1) is 6.20 Å². The summed E-state index contributed by atoms with van der Waals surface area (Å²) in [6.07, 6.45) is 2.28. The van der Waals surface area contributed by atoms with Crippen molar-refractivity contribution < 1.29 is 22.7 Å². The van der Waals surface area contributed by atoms with Crippen LogP contribution in [-0.2, 0) is 4.79 Å². The highest BCUT2D eigenvalue weighted by atomic mass is 19.4. The number of benzene rings is 1. The van der Waals surface area contributed by atoms with Gasteiger partial charge in [0.15, 0.2) is 5.82 Å². The van der Waals surface area contributed by atoms with E-state index in [0.29, 0.717) is 41.8 Å². The maximum atomic E-state index is 13.1. The third kappa shape index (κ3) is 3.38. The number of hydrogen-bond donors (Lipinski definition) is 0. The second kappa shape index (κ2) is 7.46. The van der Waals surface area contributed by atoms with Crippen LogP contribution in [0.25, 0.3) is 17.3 Å². The van der Waals surface area contributed by atoms with Gasteiger partial charge in [-0.05, 0) is 31.4 Å². The van der Waals surface area contributed by atoms with Gasteiger partial charge in [0.2, 0.25) is 5.95 Å². The molecule has 2 aliphatic heterocycles. The molecule has 0 spiro atoms. The molecule has 1 atom stereocenters. The van der Waals surface area contributed by atoms with E-state index in [1.165, 1.54) is 24.4 Å². The van der Waals surface area contributed by atoms with Crippen molar-refractivity contribution in [2.75, 3.05) is 23.4 Å². The van der Waals surface area contributed by atoms with Gasteiger partial charge in [0.1, 0.15) is 22.8 Å². The molecule has 1 unspecified atom stereocenters. The fraction of sp³-hybridized carbons (Fsp3) is 0.364. The lowest BCUT2D eigenvalue weighted by Crippen LogP contribution is -2.59. The number of imidazole rings is 1.